The molecule has 1 saturated heterocycles. The van der Waals surface area contributed by atoms with Gasteiger partial charge in [-0.1, -0.05) is 61.9 Å². The van der Waals surface area contributed by atoms with E-state index in [1.807, 2.05) is 49.0 Å². The fourth-order valence-electron chi connectivity index (χ4n) is 3.14. The maximum atomic E-state index is 12.9. The number of unbranched alkanes of at least 4 members (excludes halogenated alkanes) is 1. The smallest absolute Gasteiger partial charge is 0.326 e. The van der Waals surface area contributed by atoms with Crippen LogP contribution in [0.5, 0.6) is 0 Å². The molecule has 0 aliphatic carbocycles. The summed E-state index contributed by atoms with van der Waals surface area (Å²) in [6, 6.07) is 7.04. The molecule has 1 aromatic carbocycles. The number of carboxylic acids is 1. The minimum Gasteiger partial charge on any atom is -0.480 e. The van der Waals surface area contributed by atoms with E-state index in [-0.39, 0.29) is 5.91 Å². The number of carbonyl (C=O) groups excluding carboxylic acids is 1. The van der Waals surface area contributed by atoms with Crippen LogP contribution in [0.3, 0.4) is 0 Å². The Morgan fingerprint density at radius 2 is 2.12 bits per heavy atom. The summed E-state index contributed by atoms with van der Waals surface area (Å²) in [5.74, 6) is -1.34. The molecule has 7 heteroatoms. The predicted molar refractivity (Wildman–Crippen MR) is 109 cm³/mol. The normalized spacial score (nSPS) is 17.5. The van der Waals surface area contributed by atoms with Crippen molar-refractivity contribution in [1.82, 2.24) is 9.47 Å². The van der Waals surface area contributed by atoms with Crippen molar-refractivity contribution in [1.29, 1.82) is 0 Å². The first-order valence-corrected chi connectivity index (χ1v) is 9.70. The van der Waals surface area contributed by atoms with Crippen molar-refractivity contribution in [2.24, 2.45) is 7.05 Å². The monoisotopic (exact) mass is 388 g/mol. The molecular weight excluding hydrogens is 368 g/mol. The van der Waals surface area contributed by atoms with Crippen molar-refractivity contribution in [3.8, 4) is 0 Å². The number of hydrogen-bond donors (Lipinski definition) is 1. The number of carboxylic acid groups (broad SMARTS) is 1. The first-order chi connectivity index (χ1) is 12.4. The third-order valence-corrected chi connectivity index (χ3v) is 5.80. The predicted octanol–water partition coefficient (Wildman–Crippen LogP) is 4.02. The molecule has 0 saturated carbocycles. The molecule has 26 heavy (non-hydrogen) atoms. The maximum Gasteiger partial charge on any atom is 0.326 e. The summed E-state index contributed by atoms with van der Waals surface area (Å²) >= 11 is 6.49. The van der Waals surface area contributed by atoms with E-state index in [0.29, 0.717) is 15.6 Å². The van der Waals surface area contributed by atoms with Crippen molar-refractivity contribution in [3.63, 3.8) is 0 Å². The van der Waals surface area contributed by atoms with Gasteiger partial charge in [0.1, 0.15) is 10.4 Å². The zero-order valence-electron chi connectivity index (χ0n) is 14.6. The molecule has 0 bridgehead atoms. The third-order valence-electron chi connectivity index (χ3n) is 4.47. The van der Waals surface area contributed by atoms with Gasteiger partial charge in [-0.3, -0.25) is 9.69 Å². The van der Waals surface area contributed by atoms with Crippen LogP contribution in [0, 0.1) is 0 Å². The summed E-state index contributed by atoms with van der Waals surface area (Å²) < 4.78 is 2.31. The minimum absolute atomic E-state index is 0.310. The Balaban J connectivity index is 1.95. The summed E-state index contributed by atoms with van der Waals surface area (Å²) in [6.07, 6.45) is 5.77. The van der Waals surface area contributed by atoms with E-state index in [9.17, 15) is 14.7 Å². The molecule has 1 atom stereocenters. The van der Waals surface area contributed by atoms with Crippen LogP contribution in [0.15, 0.2) is 35.4 Å². The van der Waals surface area contributed by atoms with Crippen LogP contribution in [-0.4, -0.2) is 36.8 Å². The van der Waals surface area contributed by atoms with E-state index >= 15 is 0 Å². The van der Waals surface area contributed by atoms with Crippen LogP contribution in [0.1, 0.15) is 31.7 Å². The highest BCUT2D eigenvalue weighted by atomic mass is 32.2. The second-order valence-electron chi connectivity index (χ2n) is 6.26. The molecule has 1 aliphatic heterocycles. The van der Waals surface area contributed by atoms with Crippen molar-refractivity contribution in [3.05, 3.63) is 40.9 Å². The zero-order chi connectivity index (χ0) is 18.8. The SMILES string of the molecule is CCCCC(C(=O)O)N1C(=O)C(=Cc2cn(C)c3ccccc23)SC1=S. The zero-order valence-corrected chi connectivity index (χ0v) is 16.3. The van der Waals surface area contributed by atoms with E-state index in [2.05, 4.69) is 0 Å². The quantitative estimate of drug-likeness (QED) is 0.598. The largest absolute Gasteiger partial charge is 0.480 e. The number of carbonyl (C=O) groups is 2. The van der Waals surface area contributed by atoms with Gasteiger partial charge in [-0.25, -0.2) is 4.79 Å². The number of benzene rings is 1. The van der Waals surface area contributed by atoms with E-state index in [1.165, 1.54) is 16.7 Å². The number of thiocarbonyl (C=S) groups is 1. The average molecular weight is 389 g/mol. The molecule has 1 N–H and O–H groups in total. The molecule has 1 aromatic heterocycles. The van der Waals surface area contributed by atoms with Gasteiger partial charge < -0.3 is 9.67 Å². The number of amides is 1. The van der Waals surface area contributed by atoms with Crippen molar-refractivity contribution in [2.45, 2.75) is 32.2 Å². The molecule has 2 heterocycles. The standard InChI is InChI=1S/C19H20N2O3S2/c1-3-4-8-15(18(23)24)21-17(22)16(26-19(21)25)10-12-11-20(2)14-9-6-5-7-13(12)14/h5-7,9-11,15H,3-4,8H2,1-2H3,(H,23,24). The molecule has 3 rings (SSSR count). The van der Waals surface area contributed by atoms with Gasteiger partial charge in [0.2, 0.25) is 0 Å². The summed E-state index contributed by atoms with van der Waals surface area (Å²) in [7, 11) is 1.95. The van der Waals surface area contributed by atoms with E-state index in [1.54, 1.807) is 6.08 Å². The molecule has 0 radical (unpaired) electrons. The lowest BCUT2D eigenvalue weighted by Crippen LogP contribution is -2.43. The minimum atomic E-state index is -1.01. The Hall–Kier alpha value is -2.12. The van der Waals surface area contributed by atoms with Gasteiger partial charge in [-0.2, -0.15) is 0 Å². The van der Waals surface area contributed by atoms with Crippen LogP contribution in [-0.2, 0) is 16.6 Å². The highest BCUT2D eigenvalue weighted by Gasteiger charge is 2.40. The highest BCUT2D eigenvalue weighted by molar-refractivity contribution is 8.26. The van der Waals surface area contributed by atoms with Crippen molar-refractivity contribution >= 4 is 57.2 Å². The molecule has 1 amide bonds. The first kappa shape index (κ1) is 18.7. The van der Waals surface area contributed by atoms with Gasteiger partial charge in [0.25, 0.3) is 5.91 Å². The number of thioether (sulfide) groups is 1. The summed E-state index contributed by atoms with van der Waals surface area (Å²) in [4.78, 5) is 26.2. The van der Waals surface area contributed by atoms with Gasteiger partial charge in [0.05, 0.1) is 4.91 Å². The second kappa shape index (κ2) is 7.63. The number of fused-ring (bicyclic) bond motifs is 1. The molecule has 1 aliphatic rings. The van der Waals surface area contributed by atoms with Gasteiger partial charge in [-0.15, -0.1) is 0 Å². The van der Waals surface area contributed by atoms with Crippen LogP contribution in [0.4, 0.5) is 0 Å². The van der Waals surface area contributed by atoms with Crippen LogP contribution < -0.4 is 0 Å². The van der Waals surface area contributed by atoms with Crippen molar-refractivity contribution in [2.75, 3.05) is 0 Å². The fourth-order valence-corrected chi connectivity index (χ4v) is 4.49. The number of para-hydroxylation sites is 1. The van der Waals surface area contributed by atoms with Gasteiger partial charge in [-0.05, 0) is 18.6 Å². The Morgan fingerprint density at radius 1 is 1.38 bits per heavy atom. The van der Waals surface area contributed by atoms with Crippen LogP contribution in [0.2, 0.25) is 0 Å². The van der Waals surface area contributed by atoms with Crippen molar-refractivity contribution < 1.29 is 14.7 Å². The molecule has 1 fully saturated rings. The summed E-state index contributed by atoms with van der Waals surface area (Å²) in [6.45, 7) is 1.99. The molecule has 5 nitrogen and oxygen atoms in total. The molecular formula is C19H20N2O3S2. The number of aliphatic carboxylic acids is 1. The van der Waals surface area contributed by atoms with E-state index < -0.39 is 12.0 Å². The van der Waals surface area contributed by atoms with Gasteiger partial charge in [0.15, 0.2) is 0 Å². The maximum absolute atomic E-state index is 12.9. The lowest BCUT2D eigenvalue weighted by molar-refractivity contribution is -0.145. The Morgan fingerprint density at radius 3 is 2.81 bits per heavy atom. The molecule has 1 unspecified atom stereocenters. The molecule has 2 aromatic rings. The average Bonchev–Trinajstić information content (AvgIpc) is 3.07. The number of aryl methyl sites for hydroxylation is 1. The first-order valence-electron chi connectivity index (χ1n) is 8.48. The fraction of sp³-hybridized carbons (Fsp3) is 0.316. The highest BCUT2D eigenvalue weighted by Crippen LogP contribution is 2.36. The van der Waals surface area contributed by atoms with E-state index in [4.69, 9.17) is 12.2 Å². The summed E-state index contributed by atoms with van der Waals surface area (Å²) in [5, 5.41) is 10.6. The second-order valence-corrected chi connectivity index (χ2v) is 7.94. The number of rotatable bonds is 6. The van der Waals surface area contributed by atoms with Gasteiger partial charge in [0, 0.05) is 29.7 Å². The van der Waals surface area contributed by atoms with E-state index in [0.717, 1.165) is 29.3 Å². The Bertz CT molecular complexity index is 917. The third kappa shape index (κ3) is 3.41. The van der Waals surface area contributed by atoms with Crippen LogP contribution in [0.25, 0.3) is 17.0 Å². The van der Waals surface area contributed by atoms with Gasteiger partial charge >= 0.3 is 5.97 Å². The number of aromatic nitrogens is 1. The molecule has 136 valence electrons. The number of hydrogen-bond acceptors (Lipinski definition) is 4. The lowest BCUT2D eigenvalue weighted by Gasteiger charge is -2.22. The lowest BCUT2D eigenvalue weighted by atomic mass is 10.1. The molecule has 0 spiro atoms. The van der Waals surface area contributed by atoms with Crippen LogP contribution >= 0.6 is 24.0 Å². The summed E-state index contributed by atoms with van der Waals surface area (Å²) in [5.41, 5.74) is 1.99. The topological polar surface area (TPSA) is 62.5 Å². The Labute approximate surface area is 161 Å². The Kier molecular flexibility index (Phi) is 5.48. The number of nitrogens with zero attached hydrogens (tertiary/aromatic N) is 2.